The van der Waals surface area contributed by atoms with E-state index in [2.05, 4.69) is 9.71 Å². The summed E-state index contributed by atoms with van der Waals surface area (Å²) < 4.78 is 26.9. The smallest absolute Gasteiger partial charge is 0.263 e. The summed E-state index contributed by atoms with van der Waals surface area (Å²) in [7, 11) is -3.89. The van der Waals surface area contributed by atoms with E-state index in [1.165, 1.54) is 18.2 Å². The zero-order chi connectivity index (χ0) is 14.9. The molecular formula is C12H9Cl3N2O2S. The molecule has 2 rings (SSSR count). The summed E-state index contributed by atoms with van der Waals surface area (Å²) in [6.07, 6.45) is 0. The van der Waals surface area contributed by atoms with Gasteiger partial charge in [-0.25, -0.2) is 13.4 Å². The molecule has 0 aliphatic carbocycles. The van der Waals surface area contributed by atoms with Crippen LogP contribution in [0.15, 0.2) is 35.2 Å². The van der Waals surface area contributed by atoms with Crippen LogP contribution in [0.2, 0.25) is 15.1 Å². The highest BCUT2D eigenvalue weighted by molar-refractivity contribution is 7.92. The van der Waals surface area contributed by atoms with Crippen molar-refractivity contribution in [2.75, 3.05) is 4.72 Å². The fraction of sp³-hybridized carbons (Fsp3) is 0.0833. The molecule has 0 saturated carbocycles. The number of anilines is 1. The lowest BCUT2D eigenvalue weighted by atomic mass is 10.4. The lowest BCUT2D eigenvalue weighted by molar-refractivity contribution is 0.601. The number of benzene rings is 1. The van der Waals surface area contributed by atoms with E-state index in [1.54, 1.807) is 19.1 Å². The Morgan fingerprint density at radius 1 is 1.05 bits per heavy atom. The number of aromatic nitrogens is 1. The average Bonchev–Trinajstić information content (AvgIpc) is 2.33. The predicted octanol–water partition coefficient (Wildman–Crippen LogP) is 4.15. The first-order valence-electron chi connectivity index (χ1n) is 5.40. The van der Waals surface area contributed by atoms with E-state index in [0.29, 0.717) is 5.69 Å². The van der Waals surface area contributed by atoms with E-state index in [0.717, 1.165) is 0 Å². The summed E-state index contributed by atoms with van der Waals surface area (Å²) >= 11 is 17.5. The highest BCUT2D eigenvalue weighted by atomic mass is 35.5. The van der Waals surface area contributed by atoms with Crippen molar-refractivity contribution in [1.29, 1.82) is 0 Å². The lowest BCUT2D eigenvalue weighted by Gasteiger charge is -2.10. The number of rotatable bonds is 3. The van der Waals surface area contributed by atoms with Crippen molar-refractivity contribution in [3.8, 4) is 0 Å². The number of nitrogens with zero attached hydrogens (tertiary/aromatic N) is 1. The normalized spacial score (nSPS) is 11.4. The van der Waals surface area contributed by atoms with Gasteiger partial charge in [-0.15, -0.1) is 0 Å². The molecule has 1 aromatic heterocycles. The molecule has 1 heterocycles. The SMILES string of the molecule is Cc1cccc(NS(=O)(=O)c2cc(Cl)c(Cl)cc2Cl)n1. The minimum Gasteiger partial charge on any atom is -0.263 e. The molecule has 0 amide bonds. The third kappa shape index (κ3) is 3.35. The Hall–Kier alpha value is -1.01. The maximum absolute atomic E-state index is 12.3. The van der Waals surface area contributed by atoms with Crippen molar-refractivity contribution in [2.45, 2.75) is 11.8 Å². The number of aryl methyl sites for hydroxylation is 1. The Bertz CT molecular complexity index is 763. The second-order valence-corrected chi connectivity index (χ2v) is 6.84. The molecule has 0 radical (unpaired) electrons. The van der Waals surface area contributed by atoms with Crippen LogP contribution in [0.4, 0.5) is 5.82 Å². The number of pyridine rings is 1. The van der Waals surface area contributed by atoms with Gasteiger partial charge in [0.25, 0.3) is 10.0 Å². The van der Waals surface area contributed by atoms with Gasteiger partial charge in [-0.1, -0.05) is 40.9 Å². The molecule has 106 valence electrons. The van der Waals surface area contributed by atoms with Crippen molar-refractivity contribution in [1.82, 2.24) is 4.98 Å². The average molecular weight is 352 g/mol. The van der Waals surface area contributed by atoms with Crippen LogP contribution in [-0.2, 0) is 10.0 Å². The highest BCUT2D eigenvalue weighted by Gasteiger charge is 2.20. The van der Waals surface area contributed by atoms with E-state index in [4.69, 9.17) is 34.8 Å². The van der Waals surface area contributed by atoms with Crippen LogP contribution in [0.3, 0.4) is 0 Å². The van der Waals surface area contributed by atoms with Gasteiger partial charge in [-0.2, -0.15) is 0 Å². The van der Waals surface area contributed by atoms with E-state index < -0.39 is 10.0 Å². The molecule has 0 spiro atoms. The minimum absolute atomic E-state index is 0.0143. The zero-order valence-corrected chi connectivity index (χ0v) is 13.3. The van der Waals surface area contributed by atoms with Crippen LogP contribution < -0.4 is 4.72 Å². The monoisotopic (exact) mass is 350 g/mol. The van der Waals surface area contributed by atoms with Crippen LogP contribution >= 0.6 is 34.8 Å². The predicted molar refractivity (Wildman–Crippen MR) is 81.3 cm³/mol. The Morgan fingerprint density at radius 3 is 2.35 bits per heavy atom. The molecule has 0 unspecified atom stereocenters. The van der Waals surface area contributed by atoms with E-state index in [9.17, 15) is 8.42 Å². The van der Waals surface area contributed by atoms with Crippen LogP contribution in [-0.4, -0.2) is 13.4 Å². The fourth-order valence-corrected chi connectivity index (χ4v) is 3.51. The molecule has 4 nitrogen and oxygen atoms in total. The standard InChI is InChI=1S/C12H9Cl3N2O2S/c1-7-3-2-4-12(16-7)17-20(18,19)11-6-9(14)8(13)5-10(11)15/h2-6H,1H3,(H,16,17). The number of hydrogen-bond acceptors (Lipinski definition) is 3. The van der Waals surface area contributed by atoms with Gasteiger partial charge in [-0.3, -0.25) is 4.72 Å². The molecule has 0 aliphatic rings. The van der Waals surface area contributed by atoms with Gasteiger partial charge in [0.05, 0.1) is 15.1 Å². The Labute approximate surface area is 131 Å². The molecule has 20 heavy (non-hydrogen) atoms. The quantitative estimate of drug-likeness (QED) is 0.845. The lowest BCUT2D eigenvalue weighted by Crippen LogP contribution is -2.14. The largest absolute Gasteiger partial charge is 0.264 e. The van der Waals surface area contributed by atoms with Gasteiger partial charge in [0.1, 0.15) is 10.7 Å². The topological polar surface area (TPSA) is 59.1 Å². The molecule has 0 saturated heterocycles. The second kappa shape index (κ2) is 5.77. The molecular weight excluding hydrogens is 343 g/mol. The third-order valence-electron chi connectivity index (χ3n) is 2.39. The van der Waals surface area contributed by atoms with Crippen molar-refractivity contribution in [3.05, 3.63) is 51.1 Å². The second-order valence-electron chi connectivity index (χ2n) is 3.97. The number of nitrogens with one attached hydrogen (secondary N) is 1. The number of hydrogen-bond donors (Lipinski definition) is 1. The summed E-state index contributed by atoms with van der Waals surface area (Å²) in [6, 6.07) is 7.46. The molecule has 2 aromatic rings. The molecule has 1 N–H and O–H groups in total. The van der Waals surface area contributed by atoms with Gasteiger partial charge in [-0.05, 0) is 31.2 Å². The maximum atomic E-state index is 12.3. The van der Waals surface area contributed by atoms with Crippen molar-refractivity contribution < 1.29 is 8.42 Å². The van der Waals surface area contributed by atoms with Gasteiger partial charge in [0.2, 0.25) is 0 Å². The van der Waals surface area contributed by atoms with Crippen molar-refractivity contribution >= 4 is 50.6 Å². The first-order valence-corrected chi connectivity index (χ1v) is 8.02. The molecule has 0 aliphatic heterocycles. The minimum atomic E-state index is -3.89. The van der Waals surface area contributed by atoms with Gasteiger partial charge in [0.15, 0.2) is 0 Å². The summed E-state index contributed by atoms with van der Waals surface area (Å²) in [4.78, 5) is 3.91. The molecule has 8 heteroatoms. The first-order chi connectivity index (χ1) is 9.29. The first kappa shape index (κ1) is 15.4. The van der Waals surface area contributed by atoms with Crippen LogP contribution in [0.25, 0.3) is 0 Å². The molecule has 0 fully saturated rings. The van der Waals surface area contributed by atoms with Gasteiger partial charge < -0.3 is 0 Å². The number of sulfonamides is 1. The van der Waals surface area contributed by atoms with E-state index in [1.807, 2.05) is 0 Å². The van der Waals surface area contributed by atoms with E-state index in [-0.39, 0.29) is 25.8 Å². The van der Waals surface area contributed by atoms with Crippen LogP contribution in [0.5, 0.6) is 0 Å². The van der Waals surface area contributed by atoms with Gasteiger partial charge in [0, 0.05) is 5.69 Å². The van der Waals surface area contributed by atoms with Crippen LogP contribution in [0, 0.1) is 6.92 Å². The fourth-order valence-electron chi connectivity index (χ4n) is 1.50. The zero-order valence-electron chi connectivity index (χ0n) is 10.2. The van der Waals surface area contributed by atoms with Crippen molar-refractivity contribution in [2.24, 2.45) is 0 Å². The van der Waals surface area contributed by atoms with Gasteiger partial charge >= 0.3 is 0 Å². The Kier molecular flexibility index (Phi) is 4.44. The third-order valence-corrected chi connectivity index (χ3v) is 4.93. The summed E-state index contributed by atoms with van der Waals surface area (Å²) in [5.74, 6) is 0.201. The summed E-state index contributed by atoms with van der Waals surface area (Å²) in [6.45, 7) is 1.75. The maximum Gasteiger partial charge on any atom is 0.264 e. The summed E-state index contributed by atoms with van der Waals surface area (Å²) in [5, 5.41) is 0.275. The molecule has 1 aromatic carbocycles. The Balaban J connectivity index is 2.43. The molecule has 0 bridgehead atoms. The highest BCUT2D eigenvalue weighted by Crippen LogP contribution is 2.32. The number of halogens is 3. The molecule has 0 atom stereocenters. The van der Waals surface area contributed by atoms with Crippen LogP contribution in [0.1, 0.15) is 5.69 Å². The summed E-state index contributed by atoms with van der Waals surface area (Å²) in [5.41, 5.74) is 0.686. The van der Waals surface area contributed by atoms with E-state index >= 15 is 0 Å². The Morgan fingerprint density at radius 2 is 1.70 bits per heavy atom. The van der Waals surface area contributed by atoms with Crippen molar-refractivity contribution in [3.63, 3.8) is 0 Å².